The Labute approximate surface area is 110 Å². The molecule has 1 N–H and O–H groups in total. The van der Waals surface area contributed by atoms with Crippen molar-refractivity contribution in [1.82, 2.24) is 0 Å². The van der Waals surface area contributed by atoms with E-state index < -0.39 is 17.7 Å². The van der Waals surface area contributed by atoms with Crippen LogP contribution in [0.5, 0.6) is 5.75 Å². The van der Waals surface area contributed by atoms with Gasteiger partial charge in [0.2, 0.25) is 0 Å². The first-order chi connectivity index (χ1) is 9.15. The van der Waals surface area contributed by atoms with E-state index >= 15 is 0 Å². The molecule has 0 saturated carbocycles. The summed E-state index contributed by atoms with van der Waals surface area (Å²) < 4.78 is 32.4. The molecule has 1 heterocycles. The second-order valence-electron chi connectivity index (χ2n) is 4.60. The molecule has 1 unspecified atom stereocenters. The van der Waals surface area contributed by atoms with Gasteiger partial charge in [0.25, 0.3) is 0 Å². The Morgan fingerprint density at radius 2 is 2.05 bits per heavy atom. The quantitative estimate of drug-likeness (QED) is 0.842. The van der Waals surface area contributed by atoms with E-state index in [2.05, 4.69) is 5.32 Å². The molecule has 0 saturated heterocycles. The Morgan fingerprint density at radius 1 is 1.21 bits per heavy atom. The summed E-state index contributed by atoms with van der Waals surface area (Å²) in [5.74, 6) is -0.468. The molecule has 3 rings (SSSR count). The molecular formula is C15H13F2NO. The molecule has 0 aromatic heterocycles. The van der Waals surface area contributed by atoms with E-state index in [4.69, 9.17) is 4.74 Å². The van der Waals surface area contributed by atoms with Crippen LogP contribution < -0.4 is 10.1 Å². The smallest absolute Gasteiger partial charge is 0.144 e. The number of hydrogen-bond acceptors (Lipinski definition) is 2. The number of fused-ring (bicyclic) bond motifs is 1. The fourth-order valence-electron chi connectivity index (χ4n) is 2.29. The number of anilines is 1. The molecule has 0 fully saturated rings. The van der Waals surface area contributed by atoms with Crippen LogP contribution in [0.4, 0.5) is 14.5 Å². The summed E-state index contributed by atoms with van der Waals surface area (Å²) in [5, 5.41) is 3.24. The lowest BCUT2D eigenvalue weighted by atomic mass is 10.1. The Balaban J connectivity index is 1.93. The lowest BCUT2D eigenvalue weighted by Gasteiger charge is -2.28. The van der Waals surface area contributed by atoms with Gasteiger partial charge in [0.15, 0.2) is 0 Å². The minimum Gasteiger partial charge on any atom is -0.482 e. The van der Waals surface area contributed by atoms with Crippen LogP contribution in [0, 0.1) is 18.6 Å². The summed E-state index contributed by atoms with van der Waals surface area (Å²) in [5.41, 5.74) is 2.37. The number of halogens is 2. The third-order valence-electron chi connectivity index (χ3n) is 3.28. The topological polar surface area (TPSA) is 21.3 Å². The number of hydrogen-bond donors (Lipinski definition) is 1. The molecule has 1 aliphatic heterocycles. The van der Waals surface area contributed by atoms with Crippen molar-refractivity contribution < 1.29 is 13.5 Å². The highest BCUT2D eigenvalue weighted by molar-refractivity contribution is 5.63. The Hall–Kier alpha value is -2.10. The standard InChI is InChI=1S/C15H13F2NO/c1-9-3-2-4-13-15(9)18-8-14(19-13)11-6-5-10(16)7-12(11)17/h2-7,14,18H,8H2,1H3. The van der Waals surface area contributed by atoms with Gasteiger partial charge in [-0.1, -0.05) is 12.1 Å². The summed E-state index contributed by atoms with van der Waals surface area (Å²) in [6.07, 6.45) is -0.449. The largest absolute Gasteiger partial charge is 0.482 e. The van der Waals surface area contributed by atoms with Crippen LogP contribution in [-0.2, 0) is 0 Å². The highest BCUT2D eigenvalue weighted by Gasteiger charge is 2.24. The molecule has 2 aromatic rings. The normalized spacial score (nSPS) is 17.3. The van der Waals surface area contributed by atoms with Gasteiger partial charge in [0, 0.05) is 11.6 Å². The molecule has 1 atom stereocenters. The zero-order valence-electron chi connectivity index (χ0n) is 10.4. The highest BCUT2D eigenvalue weighted by Crippen LogP contribution is 2.36. The third kappa shape index (κ3) is 2.14. The van der Waals surface area contributed by atoms with E-state index in [9.17, 15) is 8.78 Å². The van der Waals surface area contributed by atoms with Crippen molar-refractivity contribution in [2.45, 2.75) is 13.0 Å². The molecule has 2 aromatic carbocycles. The fraction of sp³-hybridized carbons (Fsp3) is 0.200. The van der Waals surface area contributed by atoms with E-state index in [0.29, 0.717) is 17.9 Å². The van der Waals surface area contributed by atoms with Gasteiger partial charge in [-0.05, 0) is 30.7 Å². The zero-order valence-corrected chi connectivity index (χ0v) is 10.4. The van der Waals surface area contributed by atoms with E-state index in [1.807, 2.05) is 25.1 Å². The molecule has 0 spiro atoms. The van der Waals surface area contributed by atoms with Gasteiger partial charge in [-0.15, -0.1) is 0 Å². The van der Waals surface area contributed by atoms with Crippen molar-refractivity contribution in [3.05, 3.63) is 59.2 Å². The van der Waals surface area contributed by atoms with Crippen molar-refractivity contribution in [2.75, 3.05) is 11.9 Å². The Morgan fingerprint density at radius 3 is 2.84 bits per heavy atom. The van der Waals surface area contributed by atoms with Crippen molar-refractivity contribution in [3.63, 3.8) is 0 Å². The molecule has 0 aliphatic carbocycles. The summed E-state index contributed by atoms with van der Waals surface area (Å²) >= 11 is 0. The number of aryl methyl sites for hydroxylation is 1. The summed E-state index contributed by atoms with van der Waals surface area (Å²) in [4.78, 5) is 0. The Kier molecular flexibility index (Phi) is 2.85. The summed E-state index contributed by atoms with van der Waals surface area (Å²) in [6, 6.07) is 9.26. The molecular weight excluding hydrogens is 248 g/mol. The van der Waals surface area contributed by atoms with E-state index in [1.54, 1.807) is 0 Å². The second kappa shape index (κ2) is 4.53. The van der Waals surface area contributed by atoms with Crippen LogP contribution in [0.2, 0.25) is 0 Å². The molecule has 0 bridgehead atoms. The van der Waals surface area contributed by atoms with Gasteiger partial charge >= 0.3 is 0 Å². The van der Waals surface area contributed by atoms with Crippen LogP contribution in [0.1, 0.15) is 17.2 Å². The minimum absolute atomic E-state index is 0.362. The molecule has 0 radical (unpaired) electrons. The van der Waals surface area contributed by atoms with Gasteiger partial charge < -0.3 is 10.1 Å². The maximum atomic E-state index is 13.7. The average Bonchev–Trinajstić information content (AvgIpc) is 2.38. The minimum atomic E-state index is -0.582. The van der Waals surface area contributed by atoms with Crippen molar-refractivity contribution >= 4 is 5.69 Å². The van der Waals surface area contributed by atoms with Crippen molar-refractivity contribution in [2.24, 2.45) is 0 Å². The predicted molar refractivity (Wildman–Crippen MR) is 69.4 cm³/mol. The van der Waals surface area contributed by atoms with E-state index in [-0.39, 0.29) is 0 Å². The van der Waals surface area contributed by atoms with Gasteiger partial charge in [0.1, 0.15) is 23.5 Å². The van der Waals surface area contributed by atoms with E-state index in [0.717, 1.165) is 17.3 Å². The van der Waals surface area contributed by atoms with Gasteiger partial charge in [0.05, 0.1) is 12.2 Å². The summed E-state index contributed by atoms with van der Waals surface area (Å²) in [6.45, 7) is 2.44. The van der Waals surface area contributed by atoms with Crippen LogP contribution in [0.3, 0.4) is 0 Å². The van der Waals surface area contributed by atoms with Crippen molar-refractivity contribution in [1.29, 1.82) is 0 Å². The fourth-order valence-corrected chi connectivity index (χ4v) is 2.29. The monoisotopic (exact) mass is 261 g/mol. The first-order valence-electron chi connectivity index (χ1n) is 6.10. The lowest BCUT2D eigenvalue weighted by molar-refractivity contribution is 0.205. The number of ether oxygens (including phenoxy) is 1. The maximum Gasteiger partial charge on any atom is 0.144 e. The highest BCUT2D eigenvalue weighted by atomic mass is 19.1. The van der Waals surface area contributed by atoms with Crippen LogP contribution >= 0.6 is 0 Å². The van der Waals surface area contributed by atoms with Gasteiger partial charge in [-0.2, -0.15) is 0 Å². The second-order valence-corrected chi connectivity index (χ2v) is 4.60. The van der Waals surface area contributed by atoms with Crippen molar-refractivity contribution in [3.8, 4) is 5.75 Å². The number of benzene rings is 2. The van der Waals surface area contributed by atoms with E-state index in [1.165, 1.54) is 12.1 Å². The SMILES string of the molecule is Cc1cccc2c1NCC(c1ccc(F)cc1F)O2. The molecule has 1 aliphatic rings. The van der Waals surface area contributed by atoms with Crippen LogP contribution in [-0.4, -0.2) is 6.54 Å². The maximum absolute atomic E-state index is 13.7. The number of nitrogens with one attached hydrogen (secondary N) is 1. The Bertz CT molecular complexity index is 628. The molecule has 0 amide bonds. The molecule has 19 heavy (non-hydrogen) atoms. The number of rotatable bonds is 1. The average molecular weight is 261 g/mol. The van der Waals surface area contributed by atoms with Crippen LogP contribution in [0.15, 0.2) is 36.4 Å². The van der Waals surface area contributed by atoms with Gasteiger partial charge in [-0.3, -0.25) is 0 Å². The number of para-hydroxylation sites is 1. The molecule has 4 heteroatoms. The third-order valence-corrected chi connectivity index (χ3v) is 3.28. The molecule has 98 valence electrons. The first-order valence-corrected chi connectivity index (χ1v) is 6.10. The first kappa shape index (κ1) is 12.0. The summed E-state index contributed by atoms with van der Waals surface area (Å²) in [7, 11) is 0. The predicted octanol–water partition coefficient (Wildman–Crippen LogP) is 3.82. The lowest BCUT2D eigenvalue weighted by Crippen LogP contribution is -2.25. The zero-order chi connectivity index (χ0) is 13.4. The van der Waals surface area contributed by atoms with Crippen LogP contribution in [0.25, 0.3) is 0 Å². The van der Waals surface area contributed by atoms with Gasteiger partial charge in [-0.25, -0.2) is 8.78 Å². The molecule has 2 nitrogen and oxygen atoms in total.